The van der Waals surface area contributed by atoms with E-state index in [1.54, 1.807) is 29.8 Å². The number of rotatable bonds is 8. The number of aliphatic carboxylic acids is 1. The lowest BCUT2D eigenvalue weighted by atomic mass is 9.84. The summed E-state index contributed by atoms with van der Waals surface area (Å²) in [4.78, 5) is 42.6. The van der Waals surface area contributed by atoms with Crippen LogP contribution in [-0.4, -0.2) is 69.7 Å². The summed E-state index contributed by atoms with van der Waals surface area (Å²) in [7, 11) is 3.63. The van der Waals surface area contributed by atoms with Gasteiger partial charge in [0.1, 0.15) is 12.1 Å². The second kappa shape index (κ2) is 11.4. The summed E-state index contributed by atoms with van der Waals surface area (Å²) in [6.07, 6.45) is 1.61. The molecule has 0 bridgehead atoms. The fourth-order valence-electron chi connectivity index (χ4n) is 4.78. The van der Waals surface area contributed by atoms with Crippen molar-refractivity contribution in [2.24, 2.45) is 11.3 Å². The van der Waals surface area contributed by atoms with Gasteiger partial charge in [0.2, 0.25) is 11.8 Å². The number of nitrogens with zero attached hydrogens (tertiary/aromatic N) is 2. The highest BCUT2D eigenvalue weighted by molar-refractivity contribution is 8.01. The normalized spacial score (nSPS) is 22.2. The first-order valence-corrected chi connectivity index (χ1v) is 13.3. The lowest BCUT2D eigenvalue weighted by Crippen LogP contribution is -2.60. The molecule has 0 radical (unpaired) electrons. The van der Waals surface area contributed by atoms with Crippen molar-refractivity contribution in [2.75, 3.05) is 14.1 Å². The quantitative estimate of drug-likeness (QED) is 0.492. The van der Waals surface area contributed by atoms with E-state index in [2.05, 4.69) is 36.2 Å². The summed E-state index contributed by atoms with van der Waals surface area (Å²) < 4.78 is -0.376. The number of nitrogens with one attached hydrogen (secondary N) is 1. The number of carboxylic acid groups (broad SMARTS) is 1. The SMILES string of the molecule is CC(=C[C@H](C(C)C)N(C)C(=O)[C@H](NC(=O)[C@H]1N(C)[C@@H](c2ccccc2)SC1(C)C)C(C)(C)C)C(=O)O. The van der Waals surface area contributed by atoms with Crippen molar-refractivity contribution >= 4 is 29.5 Å². The number of thioether (sulfide) groups is 1. The maximum Gasteiger partial charge on any atom is 0.331 e. The lowest BCUT2D eigenvalue weighted by molar-refractivity contribution is -0.141. The minimum Gasteiger partial charge on any atom is -0.478 e. The topological polar surface area (TPSA) is 90.0 Å². The van der Waals surface area contributed by atoms with Crippen molar-refractivity contribution in [2.45, 2.75) is 83.6 Å². The van der Waals surface area contributed by atoms with Crippen LogP contribution in [0.25, 0.3) is 0 Å². The predicted molar refractivity (Wildman–Crippen MR) is 147 cm³/mol. The van der Waals surface area contributed by atoms with E-state index in [0.717, 1.165) is 5.56 Å². The number of hydrogen-bond donors (Lipinski definition) is 2. The molecule has 0 aromatic heterocycles. The second-order valence-corrected chi connectivity index (χ2v) is 13.4. The molecule has 1 heterocycles. The van der Waals surface area contributed by atoms with Crippen molar-refractivity contribution in [1.29, 1.82) is 0 Å². The van der Waals surface area contributed by atoms with Crippen molar-refractivity contribution < 1.29 is 19.5 Å². The molecule has 1 saturated heterocycles. The first-order valence-electron chi connectivity index (χ1n) is 12.4. The van der Waals surface area contributed by atoms with Crippen LogP contribution < -0.4 is 5.32 Å². The zero-order chi connectivity index (χ0) is 27.6. The number of carbonyl (C=O) groups is 3. The van der Waals surface area contributed by atoms with Crippen molar-refractivity contribution in [3.05, 3.63) is 47.5 Å². The summed E-state index contributed by atoms with van der Waals surface area (Å²) in [5, 5.41) is 12.5. The molecule has 200 valence electrons. The summed E-state index contributed by atoms with van der Waals surface area (Å²) in [5.41, 5.74) is 0.765. The average Bonchev–Trinajstić information content (AvgIpc) is 3.02. The average molecular weight is 518 g/mol. The molecular weight excluding hydrogens is 474 g/mol. The fraction of sp³-hybridized carbons (Fsp3) is 0.607. The van der Waals surface area contributed by atoms with Crippen LogP contribution in [-0.2, 0) is 14.4 Å². The van der Waals surface area contributed by atoms with Crippen LogP contribution in [0, 0.1) is 11.3 Å². The van der Waals surface area contributed by atoms with Crippen molar-refractivity contribution in [3.63, 3.8) is 0 Å². The Labute approximate surface area is 220 Å². The third kappa shape index (κ3) is 6.71. The molecule has 2 N–H and O–H groups in total. The number of carboxylic acids is 1. The molecule has 4 atom stereocenters. The van der Waals surface area contributed by atoms with E-state index in [-0.39, 0.29) is 33.4 Å². The zero-order valence-corrected chi connectivity index (χ0v) is 24.1. The Morgan fingerprint density at radius 1 is 1.17 bits per heavy atom. The van der Waals surface area contributed by atoms with E-state index >= 15 is 0 Å². The smallest absolute Gasteiger partial charge is 0.331 e. The molecule has 36 heavy (non-hydrogen) atoms. The number of carbonyl (C=O) groups excluding carboxylic acids is 2. The summed E-state index contributed by atoms with van der Waals surface area (Å²) >= 11 is 1.74. The van der Waals surface area contributed by atoms with Gasteiger partial charge in [-0.1, -0.05) is 71.0 Å². The Kier molecular flexibility index (Phi) is 9.46. The summed E-state index contributed by atoms with van der Waals surface area (Å²) in [6.45, 7) is 15.3. The first kappa shape index (κ1) is 29.9. The van der Waals surface area contributed by atoms with Gasteiger partial charge in [0.25, 0.3) is 0 Å². The highest BCUT2D eigenvalue weighted by Gasteiger charge is 2.51. The number of likely N-dealkylation sites (N-methyl/N-ethyl adjacent to an activating group) is 2. The van der Waals surface area contributed by atoms with Gasteiger partial charge < -0.3 is 15.3 Å². The fourth-order valence-corrected chi connectivity index (χ4v) is 6.34. The molecule has 1 aliphatic rings. The molecule has 1 fully saturated rings. The molecule has 8 heteroatoms. The maximum absolute atomic E-state index is 13.8. The second-order valence-electron chi connectivity index (χ2n) is 11.7. The molecule has 0 aliphatic carbocycles. The van der Waals surface area contributed by atoms with Gasteiger partial charge >= 0.3 is 5.97 Å². The number of benzene rings is 1. The molecule has 2 rings (SSSR count). The van der Waals surface area contributed by atoms with E-state index in [4.69, 9.17) is 0 Å². The largest absolute Gasteiger partial charge is 0.478 e. The Balaban J connectivity index is 2.34. The molecule has 2 amide bonds. The molecule has 0 saturated carbocycles. The zero-order valence-electron chi connectivity index (χ0n) is 23.3. The van der Waals surface area contributed by atoms with Crippen LogP contribution in [0.2, 0.25) is 0 Å². The third-order valence-corrected chi connectivity index (χ3v) is 8.48. The van der Waals surface area contributed by atoms with Gasteiger partial charge in [-0.05, 0) is 44.7 Å². The number of hydrogen-bond acceptors (Lipinski definition) is 5. The predicted octanol–water partition coefficient (Wildman–Crippen LogP) is 4.56. The van der Waals surface area contributed by atoms with E-state index in [1.807, 2.05) is 59.9 Å². The minimum absolute atomic E-state index is 0.00695. The highest BCUT2D eigenvalue weighted by atomic mass is 32.2. The van der Waals surface area contributed by atoms with Crippen LogP contribution in [0.1, 0.15) is 66.3 Å². The Hall–Kier alpha value is -2.32. The minimum atomic E-state index is -1.01. The summed E-state index contributed by atoms with van der Waals surface area (Å²) in [6, 6.07) is 8.48. The van der Waals surface area contributed by atoms with Crippen LogP contribution >= 0.6 is 11.8 Å². The standard InChI is InChI=1S/C28H43N3O4S/c1-17(2)20(16-18(3)26(34)35)30(9)24(33)21(27(4,5)6)29-23(32)22-28(7,8)36-25(31(22)10)19-14-12-11-13-15-19/h11-17,20-22,25H,1-10H3,(H,29,32)(H,34,35)/t20-,21+,22-,25-/m1/s1. The summed E-state index contributed by atoms with van der Waals surface area (Å²) in [5.74, 6) is -1.45. The van der Waals surface area contributed by atoms with E-state index in [1.165, 1.54) is 6.92 Å². The van der Waals surface area contributed by atoms with Crippen LogP contribution in [0.3, 0.4) is 0 Å². The van der Waals surface area contributed by atoms with Crippen LogP contribution in [0.5, 0.6) is 0 Å². The molecule has 0 spiro atoms. The maximum atomic E-state index is 13.8. The molecule has 1 aromatic carbocycles. The van der Waals surface area contributed by atoms with Crippen molar-refractivity contribution in [1.82, 2.24) is 15.1 Å². The monoisotopic (exact) mass is 517 g/mol. The van der Waals surface area contributed by atoms with Gasteiger partial charge in [-0.25, -0.2) is 4.79 Å². The molecular formula is C28H43N3O4S. The van der Waals surface area contributed by atoms with Gasteiger partial charge in [0, 0.05) is 17.4 Å². The Morgan fingerprint density at radius 2 is 1.72 bits per heavy atom. The van der Waals surface area contributed by atoms with Gasteiger partial charge in [-0.15, -0.1) is 11.8 Å². The lowest BCUT2D eigenvalue weighted by Gasteiger charge is -2.39. The first-order chi connectivity index (χ1) is 16.5. The van der Waals surface area contributed by atoms with Crippen LogP contribution in [0.4, 0.5) is 0 Å². The van der Waals surface area contributed by atoms with Gasteiger partial charge in [-0.3, -0.25) is 14.5 Å². The molecule has 7 nitrogen and oxygen atoms in total. The van der Waals surface area contributed by atoms with E-state index in [0.29, 0.717) is 0 Å². The van der Waals surface area contributed by atoms with E-state index in [9.17, 15) is 19.5 Å². The number of amides is 2. The third-order valence-electron chi connectivity index (χ3n) is 6.82. The Bertz CT molecular complexity index is 984. The highest BCUT2D eigenvalue weighted by Crippen LogP contribution is 2.51. The Morgan fingerprint density at radius 3 is 2.19 bits per heavy atom. The van der Waals surface area contributed by atoms with Crippen molar-refractivity contribution in [3.8, 4) is 0 Å². The van der Waals surface area contributed by atoms with Gasteiger partial charge in [0.05, 0.1) is 11.4 Å². The van der Waals surface area contributed by atoms with Crippen LogP contribution in [0.15, 0.2) is 42.0 Å². The van der Waals surface area contributed by atoms with E-state index < -0.39 is 29.5 Å². The molecule has 1 aromatic rings. The van der Waals surface area contributed by atoms with Gasteiger partial charge in [-0.2, -0.15) is 0 Å². The van der Waals surface area contributed by atoms with Gasteiger partial charge in [0.15, 0.2) is 0 Å². The molecule has 1 aliphatic heterocycles. The molecule has 0 unspecified atom stereocenters.